The van der Waals surface area contributed by atoms with E-state index < -0.39 is 11.4 Å². The molecule has 1 rings (SSSR count). The van der Waals surface area contributed by atoms with Crippen LogP contribution in [0.25, 0.3) is 0 Å². The molecule has 0 atom stereocenters. The third-order valence-corrected chi connectivity index (χ3v) is 3.24. The highest BCUT2D eigenvalue weighted by Gasteiger charge is 2.25. The van der Waals surface area contributed by atoms with E-state index in [0.717, 1.165) is 12.0 Å². The quantitative estimate of drug-likeness (QED) is 0.805. The van der Waals surface area contributed by atoms with Gasteiger partial charge in [-0.25, -0.2) is 0 Å². The molecule has 0 spiro atoms. The molecule has 0 fully saturated rings. The zero-order chi connectivity index (χ0) is 15.2. The van der Waals surface area contributed by atoms with Gasteiger partial charge in [-0.1, -0.05) is 45.0 Å². The number of amides is 1. The molecule has 1 aromatic rings. The lowest BCUT2D eigenvalue weighted by molar-refractivity contribution is -0.139. The van der Waals surface area contributed by atoms with E-state index >= 15 is 0 Å². The van der Waals surface area contributed by atoms with Gasteiger partial charge in [0.2, 0.25) is 5.91 Å². The van der Waals surface area contributed by atoms with Gasteiger partial charge in [0.05, 0.1) is 6.42 Å². The summed E-state index contributed by atoms with van der Waals surface area (Å²) in [7, 11) is 0. The van der Waals surface area contributed by atoms with Crippen molar-refractivity contribution in [2.24, 2.45) is 5.41 Å². The number of aryl methyl sites for hydroxylation is 1. The van der Waals surface area contributed by atoms with Crippen LogP contribution < -0.4 is 5.32 Å². The van der Waals surface area contributed by atoms with Gasteiger partial charge >= 0.3 is 5.97 Å². The summed E-state index contributed by atoms with van der Waals surface area (Å²) in [6, 6.07) is 7.99. The van der Waals surface area contributed by atoms with Crippen LogP contribution in [0.3, 0.4) is 0 Å². The summed E-state index contributed by atoms with van der Waals surface area (Å²) >= 11 is 0. The molecule has 1 aromatic carbocycles. The van der Waals surface area contributed by atoms with Gasteiger partial charge in [-0.2, -0.15) is 0 Å². The van der Waals surface area contributed by atoms with Crippen LogP contribution in [0, 0.1) is 5.41 Å². The number of hydrogen-bond donors (Lipinski definition) is 2. The molecule has 0 unspecified atom stereocenters. The Balaban J connectivity index is 2.53. The fraction of sp³-hybridized carbons (Fsp3) is 0.500. The van der Waals surface area contributed by atoms with Gasteiger partial charge in [0.15, 0.2) is 0 Å². The monoisotopic (exact) mass is 277 g/mol. The van der Waals surface area contributed by atoms with Crippen molar-refractivity contribution in [3.63, 3.8) is 0 Å². The van der Waals surface area contributed by atoms with Gasteiger partial charge in [-0.15, -0.1) is 0 Å². The number of carboxylic acids is 1. The van der Waals surface area contributed by atoms with Crippen LogP contribution in [0.5, 0.6) is 0 Å². The van der Waals surface area contributed by atoms with Crippen LogP contribution in [0.1, 0.15) is 44.7 Å². The van der Waals surface area contributed by atoms with Gasteiger partial charge in [0.1, 0.15) is 0 Å². The van der Waals surface area contributed by atoms with Gasteiger partial charge in [-0.05, 0) is 23.0 Å². The van der Waals surface area contributed by atoms with Crippen molar-refractivity contribution in [2.75, 3.05) is 0 Å². The van der Waals surface area contributed by atoms with Crippen molar-refractivity contribution in [1.29, 1.82) is 0 Å². The first-order valence-corrected chi connectivity index (χ1v) is 6.89. The Morgan fingerprint density at radius 2 is 1.75 bits per heavy atom. The van der Waals surface area contributed by atoms with E-state index in [0.29, 0.717) is 6.54 Å². The molecule has 1 amide bonds. The third-order valence-electron chi connectivity index (χ3n) is 3.24. The number of carboxylic acid groups (broad SMARTS) is 1. The lowest BCUT2D eigenvalue weighted by atomic mass is 9.85. The Hall–Kier alpha value is -1.84. The Bertz CT molecular complexity index is 480. The molecule has 20 heavy (non-hydrogen) atoms. The first kappa shape index (κ1) is 16.2. The lowest BCUT2D eigenvalue weighted by Gasteiger charge is -2.21. The molecule has 4 nitrogen and oxygen atoms in total. The van der Waals surface area contributed by atoms with Crippen LogP contribution >= 0.6 is 0 Å². The van der Waals surface area contributed by atoms with Crippen LogP contribution in [0.2, 0.25) is 0 Å². The van der Waals surface area contributed by atoms with E-state index in [-0.39, 0.29) is 18.7 Å². The third kappa shape index (κ3) is 5.43. The topological polar surface area (TPSA) is 66.4 Å². The largest absolute Gasteiger partial charge is 0.481 e. The predicted octanol–water partition coefficient (Wildman–Crippen LogP) is 2.76. The van der Waals surface area contributed by atoms with Crippen molar-refractivity contribution in [3.05, 3.63) is 35.4 Å². The number of nitrogens with one attached hydrogen (secondary N) is 1. The smallest absolute Gasteiger partial charge is 0.303 e. The molecule has 0 bridgehead atoms. The summed E-state index contributed by atoms with van der Waals surface area (Å²) in [5.74, 6) is -0.985. The molecule has 0 aliphatic carbocycles. The number of hydrogen-bond acceptors (Lipinski definition) is 2. The Kier molecular flexibility index (Phi) is 5.74. The molecule has 0 radical (unpaired) electrons. The number of aliphatic carboxylic acids is 1. The second kappa shape index (κ2) is 7.08. The molecule has 0 aliphatic heterocycles. The SMILES string of the molecule is CCc1ccccc1CNC(=O)CC(C)(C)CC(=O)O. The summed E-state index contributed by atoms with van der Waals surface area (Å²) in [6.07, 6.45) is 1.14. The summed E-state index contributed by atoms with van der Waals surface area (Å²) in [5, 5.41) is 11.7. The normalized spacial score (nSPS) is 11.2. The van der Waals surface area contributed by atoms with Crippen LogP contribution in [-0.2, 0) is 22.6 Å². The lowest BCUT2D eigenvalue weighted by Crippen LogP contribution is -2.30. The molecular weight excluding hydrogens is 254 g/mol. The minimum absolute atomic E-state index is 0.00797. The van der Waals surface area contributed by atoms with Crippen LogP contribution in [0.4, 0.5) is 0 Å². The summed E-state index contributed by atoms with van der Waals surface area (Å²) in [6.45, 7) is 6.16. The van der Waals surface area contributed by atoms with Crippen molar-refractivity contribution >= 4 is 11.9 Å². The summed E-state index contributed by atoms with van der Waals surface area (Å²) in [5.41, 5.74) is 1.80. The molecule has 110 valence electrons. The zero-order valence-corrected chi connectivity index (χ0v) is 12.4. The maximum atomic E-state index is 11.9. The zero-order valence-electron chi connectivity index (χ0n) is 12.4. The highest BCUT2D eigenvalue weighted by molar-refractivity contribution is 5.77. The van der Waals surface area contributed by atoms with E-state index in [4.69, 9.17) is 5.11 Å². The van der Waals surface area contributed by atoms with Crippen molar-refractivity contribution in [2.45, 2.75) is 46.6 Å². The molecular formula is C16H23NO3. The van der Waals surface area contributed by atoms with Gasteiger partial charge in [0.25, 0.3) is 0 Å². The van der Waals surface area contributed by atoms with Crippen molar-refractivity contribution < 1.29 is 14.7 Å². The number of benzene rings is 1. The predicted molar refractivity (Wildman–Crippen MR) is 78.3 cm³/mol. The van der Waals surface area contributed by atoms with E-state index in [1.54, 1.807) is 13.8 Å². The van der Waals surface area contributed by atoms with E-state index in [2.05, 4.69) is 18.3 Å². The van der Waals surface area contributed by atoms with Gasteiger partial charge < -0.3 is 10.4 Å². The van der Waals surface area contributed by atoms with E-state index in [1.165, 1.54) is 5.56 Å². The van der Waals surface area contributed by atoms with Crippen LogP contribution in [0.15, 0.2) is 24.3 Å². The maximum absolute atomic E-state index is 11.9. The van der Waals surface area contributed by atoms with Gasteiger partial charge in [0, 0.05) is 13.0 Å². The standard InChI is InChI=1S/C16H23NO3/c1-4-12-7-5-6-8-13(12)11-17-14(18)9-16(2,3)10-15(19)20/h5-8H,4,9-11H2,1-3H3,(H,17,18)(H,19,20). The first-order valence-electron chi connectivity index (χ1n) is 6.89. The molecule has 2 N–H and O–H groups in total. The minimum Gasteiger partial charge on any atom is -0.481 e. The second-order valence-corrected chi connectivity index (χ2v) is 5.81. The molecule has 0 saturated carbocycles. The number of rotatable bonds is 7. The van der Waals surface area contributed by atoms with Crippen molar-refractivity contribution in [3.8, 4) is 0 Å². The Morgan fingerprint density at radius 1 is 1.15 bits per heavy atom. The highest BCUT2D eigenvalue weighted by Crippen LogP contribution is 2.24. The van der Waals surface area contributed by atoms with E-state index in [1.807, 2.05) is 18.2 Å². The molecule has 4 heteroatoms. The highest BCUT2D eigenvalue weighted by atomic mass is 16.4. The number of carbonyl (C=O) groups is 2. The van der Waals surface area contributed by atoms with Crippen LogP contribution in [-0.4, -0.2) is 17.0 Å². The minimum atomic E-state index is -0.876. The Labute approximate surface area is 120 Å². The fourth-order valence-electron chi connectivity index (χ4n) is 2.24. The summed E-state index contributed by atoms with van der Waals surface area (Å²) in [4.78, 5) is 22.6. The van der Waals surface area contributed by atoms with E-state index in [9.17, 15) is 9.59 Å². The molecule has 0 aliphatic rings. The van der Waals surface area contributed by atoms with Crippen molar-refractivity contribution in [1.82, 2.24) is 5.32 Å². The van der Waals surface area contributed by atoms with Gasteiger partial charge in [-0.3, -0.25) is 9.59 Å². The average molecular weight is 277 g/mol. The second-order valence-electron chi connectivity index (χ2n) is 5.81. The number of carbonyl (C=O) groups excluding carboxylic acids is 1. The first-order chi connectivity index (χ1) is 9.34. The summed E-state index contributed by atoms with van der Waals surface area (Å²) < 4.78 is 0. The molecule has 0 aromatic heterocycles. The maximum Gasteiger partial charge on any atom is 0.303 e. The fourth-order valence-corrected chi connectivity index (χ4v) is 2.24. The Morgan fingerprint density at radius 3 is 2.30 bits per heavy atom. The molecule has 0 saturated heterocycles. The molecule has 0 heterocycles. The average Bonchev–Trinajstić information content (AvgIpc) is 2.34.